The van der Waals surface area contributed by atoms with Crippen LogP contribution in [0.2, 0.25) is 0 Å². The molecule has 0 aliphatic heterocycles. The molecule has 3 nitrogen and oxygen atoms in total. The second kappa shape index (κ2) is 5.99. The summed E-state index contributed by atoms with van der Waals surface area (Å²) in [6.45, 7) is 1.75. The third kappa shape index (κ3) is 3.59. The van der Waals surface area contributed by atoms with Crippen molar-refractivity contribution in [3.63, 3.8) is 0 Å². The normalized spacial score (nSPS) is 11.8. The van der Waals surface area contributed by atoms with Gasteiger partial charge in [-0.2, -0.15) is 0 Å². The summed E-state index contributed by atoms with van der Waals surface area (Å²) in [4.78, 5) is 0. The van der Waals surface area contributed by atoms with Gasteiger partial charge in [-0.15, -0.1) is 0 Å². The lowest BCUT2D eigenvalue weighted by Gasteiger charge is -2.24. The van der Waals surface area contributed by atoms with Gasteiger partial charge in [0.2, 0.25) is 0 Å². The second-order valence-electron chi connectivity index (χ2n) is 4.35. The average Bonchev–Trinajstić information content (AvgIpc) is 2.36. The molecular formula is C13H21NO2. The van der Waals surface area contributed by atoms with Crippen molar-refractivity contribution in [1.82, 2.24) is 0 Å². The summed E-state index contributed by atoms with van der Waals surface area (Å²) in [5, 5.41) is 18.1. The molecule has 0 saturated heterocycles. The van der Waals surface area contributed by atoms with Crippen LogP contribution in [0.5, 0.6) is 0 Å². The highest BCUT2D eigenvalue weighted by Gasteiger charge is 2.22. The lowest BCUT2D eigenvalue weighted by atomic mass is 9.93. The number of rotatable bonds is 6. The molecule has 90 valence electrons. The van der Waals surface area contributed by atoms with E-state index in [1.54, 1.807) is 0 Å². The summed E-state index contributed by atoms with van der Waals surface area (Å²) < 4.78 is 0. The summed E-state index contributed by atoms with van der Waals surface area (Å²) in [5.74, 6) is 0. The van der Waals surface area contributed by atoms with Crippen molar-refractivity contribution in [3.05, 3.63) is 35.4 Å². The average molecular weight is 223 g/mol. The third-order valence-corrected chi connectivity index (χ3v) is 2.97. The number of nitrogens with two attached hydrogens (primary N) is 1. The van der Waals surface area contributed by atoms with Gasteiger partial charge in [0.15, 0.2) is 0 Å². The molecule has 0 unspecified atom stereocenters. The number of aryl methyl sites for hydroxylation is 2. The zero-order valence-electron chi connectivity index (χ0n) is 9.82. The summed E-state index contributed by atoms with van der Waals surface area (Å²) in [6.07, 6.45) is 2.40. The minimum absolute atomic E-state index is 0.184. The fraction of sp³-hybridized carbons (Fsp3) is 0.538. The quantitative estimate of drug-likeness (QED) is 0.670. The lowest BCUT2D eigenvalue weighted by Crippen LogP contribution is -2.47. The van der Waals surface area contributed by atoms with Crippen LogP contribution in [0.3, 0.4) is 0 Å². The zero-order chi connectivity index (χ0) is 12.0. The molecule has 0 aliphatic rings. The van der Waals surface area contributed by atoms with Crippen LogP contribution in [-0.2, 0) is 12.8 Å². The van der Waals surface area contributed by atoms with E-state index in [9.17, 15) is 0 Å². The van der Waals surface area contributed by atoms with Crippen molar-refractivity contribution in [2.75, 3.05) is 13.2 Å². The van der Waals surface area contributed by atoms with Crippen molar-refractivity contribution in [2.45, 2.75) is 31.7 Å². The topological polar surface area (TPSA) is 66.5 Å². The van der Waals surface area contributed by atoms with Gasteiger partial charge in [-0.05, 0) is 30.4 Å². The van der Waals surface area contributed by atoms with E-state index in [0.29, 0.717) is 6.42 Å². The lowest BCUT2D eigenvalue weighted by molar-refractivity contribution is 0.115. The predicted octanol–water partition coefficient (Wildman–Crippen LogP) is 0.864. The SMILES string of the molecule is CCc1ccc(CCC(N)(CO)CO)cc1. The molecule has 0 heterocycles. The van der Waals surface area contributed by atoms with E-state index in [4.69, 9.17) is 15.9 Å². The van der Waals surface area contributed by atoms with Crippen LogP contribution in [-0.4, -0.2) is 29.0 Å². The molecule has 0 spiro atoms. The van der Waals surface area contributed by atoms with Crippen molar-refractivity contribution in [2.24, 2.45) is 5.73 Å². The van der Waals surface area contributed by atoms with Gasteiger partial charge in [0.05, 0.1) is 18.8 Å². The molecule has 4 N–H and O–H groups in total. The number of hydrogen-bond donors (Lipinski definition) is 3. The summed E-state index contributed by atoms with van der Waals surface area (Å²) >= 11 is 0. The number of hydrogen-bond acceptors (Lipinski definition) is 3. The highest BCUT2D eigenvalue weighted by Crippen LogP contribution is 2.12. The molecule has 1 rings (SSSR count). The van der Waals surface area contributed by atoms with Gasteiger partial charge in [-0.1, -0.05) is 31.2 Å². The van der Waals surface area contributed by atoms with Crippen molar-refractivity contribution < 1.29 is 10.2 Å². The van der Waals surface area contributed by atoms with Crippen LogP contribution >= 0.6 is 0 Å². The van der Waals surface area contributed by atoms with Crippen LogP contribution in [0.1, 0.15) is 24.5 Å². The van der Waals surface area contributed by atoms with Crippen LogP contribution in [0.4, 0.5) is 0 Å². The summed E-state index contributed by atoms with van der Waals surface area (Å²) in [6, 6.07) is 8.36. The first-order chi connectivity index (χ1) is 7.63. The smallest absolute Gasteiger partial charge is 0.0633 e. The van der Waals surface area contributed by atoms with Gasteiger partial charge in [0, 0.05) is 0 Å². The molecule has 0 saturated carbocycles. The highest BCUT2D eigenvalue weighted by atomic mass is 16.3. The Bertz CT molecular complexity index is 304. The molecule has 0 amide bonds. The Morgan fingerprint density at radius 2 is 1.56 bits per heavy atom. The predicted molar refractivity (Wildman–Crippen MR) is 65.2 cm³/mol. The standard InChI is InChI=1S/C13H21NO2/c1-2-11-3-5-12(6-4-11)7-8-13(14,9-15)10-16/h3-6,15-16H,2,7-10,14H2,1H3. The van der Waals surface area contributed by atoms with E-state index in [0.717, 1.165) is 12.8 Å². The van der Waals surface area contributed by atoms with Gasteiger partial charge >= 0.3 is 0 Å². The second-order valence-corrected chi connectivity index (χ2v) is 4.35. The Kier molecular flexibility index (Phi) is 4.93. The Balaban J connectivity index is 2.54. The summed E-state index contributed by atoms with van der Waals surface area (Å²) in [7, 11) is 0. The fourth-order valence-corrected chi connectivity index (χ4v) is 1.54. The van der Waals surface area contributed by atoms with E-state index in [1.807, 2.05) is 0 Å². The molecule has 0 bridgehead atoms. The van der Waals surface area contributed by atoms with Gasteiger partial charge < -0.3 is 15.9 Å². The third-order valence-electron chi connectivity index (χ3n) is 2.97. The van der Waals surface area contributed by atoms with Crippen LogP contribution in [0, 0.1) is 0 Å². The van der Waals surface area contributed by atoms with Gasteiger partial charge in [0.25, 0.3) is 0 Å². The van der Waals surface area contributed by atoms with Gasteiger partial charge in [-0.3, -0.25) is 0 Å². The van der Waals surface area contributed by atoms with Crippen LogP contribution in [0.25, 0.3) is 0 Å². The molecule has 3 heteroatoms. The van der Waals surface area contributed by atoms with Crippen LogP contribution < -0.4 is 5.73 Å². The van der Waals surface area contributed by atoms with E-state index in [2.05, 4.69) is 31.2 Å². The van der Waals surface area contributed by atoms with E-state index in [1.165, 1.54) is 11.1 Å². The Labute approximate surface area is 96.9 Å². The molecule has 1 aromatic rings. The Morgan fingerprint density at radius 1 is 1.06 bits per heavy atom. The first-order valence-electron chi connectivity index (χ1n) is 5.72. The van der Waals surface area contributed by atoms with Crippen LogP contribution in [0.15, 0.2) is 24.3 Å². The van der Waals surface area contributed by atoms with E-state index in [-0.39, 0.29) is 13.2 Å². The van der Waals surface area contributed by atoms with E-state index < -0.39 is 5.54 Å². The number of aliphatic hydroxyl groups excluding tert-OH is 2. The summed E-state index contributed by atoms with van der Waals surface area (Å²) in [5.41, 5.74) is 7.44. The number of aliphatic hydroxyl groups is 2. The molecule has 0 aliphatic carbocycles. The largest absolute Gasteiger partial charge is 0.394 e. The molecule has 0 fully saturated rings. The molecule has 0 radical (unpaired) electrons. The minimum Gasteiger partial charge on any atom is -0.394 e. The molecular weight excluding hydrogens is 202 g/mol. The maximum atomic E-state index is 9.06. The van der Waals surface area contributed by atoms with Crippen molar-refractivity contribution >= 4 is 0 Å². The first kappa shape index (κ1) is 13.2. The zero-order valence-corrected chi connectivity index (χ0v) is 9.82. The molecule has 1 aromatic carbocycles. The first-order valence-corrected chi connectivity index (χ1v) is 5.72. The fourth-order valence-electron chi connectivity index (χ4n) is 1.54. The molecule has 0 atom stereocenters. The van der Waals surface area contributed by atoms with Gasteiger partial charge in [0.1, 0.15) is 0 Å². The Morgan fingerprint density at radius 3 is 2.00 bits per heavy atom. The van der Waals surface area contributed by atoms with Gasteiger partial charge in [-0.25, -0.2) is 0 Å². The molecule has 16 heavy (non-hydrogen) atoms. The molecule has 0 aromatic heterocycles. The van der Waals surface area contributed by atoms with E-state index >= 15 is 0 Å². The number of benzene rings is 1. The minimum atomic E-state index is -0.858. The maximum Gasteiger partial charge on any atom is 0.0633 e. The van der Waals surface area contributed by atoms with Crippen molar-refractivity contribution in [3.8, 4) is 0 Å². The Hall–Kier alpha value is -0.900. The maximum absolute atomic E-state index is 9.06. The monoisotopic (exact) mass is 223 g/mol. The van der Waals surface area contributed by atoms with Crippen molar-refractivity contribution in [1.29, 1.82) is 0 Å². The highest BCUT2D eigenvalue weighted by molar-refractivity contribution is 5.22.